The Balaban J connectivity index is 2.31. The molecule has 0 saturated heterocycles. The van der Waals surface area contributed by atoms with Crippen LogP contribution in [0.5, 0.6) is 0 Å². The van der Waals surface area contributed by atoms with Gasteiger partial charge in [0.15, 0.2) is 0 Å². The molecule has 2 heterocycles. The van der Waals surface area contributed by atoms with Crippen LogP contribution in [0.2, 0.25) is 0 Å². The largest absolute Gasteiger partial charge is 0.272 e. The molecule has 90 valence electrons. The number of fused-ring (bicyclic) bond motifs is 1. The van der Waals surface area contributed by atoms with Gasteiger partial charge in [0.05, 0.1) is 5.56 Å². The molecule has 2 aromatic rings. The highest BCUT2D eigenvalue weighted by molar-refractivity contribution is 5.75. The zero-order chi connectivity index (χ0) is 12.8. The summed E-state index contributed by atoms with van der Waals surface area (Å²) in [6, 6.07) is 9.64. The van der Waals surface area contributed by atoms with E-state index in [2.05, 4.69) is 20.4 Å². The van der Waals surface area contributed by atoms with Crippen molar-refractivity contribution in [3.63, 3.8) is 0 Å². The van der Waals surface area contributed by atoms with Crippen LogP contribution in [0.15, 0.2) is 45.4 Å². The minimum absolute atomic E-state index is 0.223. The number of aromatic nitrogens is 2. The monoisotopic (exact) mass is 240 g/mol. The molecule has 1 aliphatic rings. The second-order valence-electron chi connectivity index (χ2n) is 4.75. The Morgan fingerprint density at radius 1 is 1.17 bits per heavy atom. The van der Waals surface area contributed by atoms with Crippen molar-refractivity contribution in [1.82, 2.24) is 10.2 Å². The number of H-pyrrole nitrogens is 1. The molecule has 0 amide bonds. The summed E-state index contributed by atoms with van der Waals surface area (Å²) in [6.07, 6.45) is 0. The van der Waals surface area contributed by atoms with Gasteiger partial charge in [0.25, 0.3) is 5.56 Å². The van der Waals surface area contributed by atoms with E-state index in [4.69, 9.17) is 0 Å². The molecule has 0 atom stereocenters. The Bertz CT molecular complexity index is 686. The molecule has 0 bridgehead atoms. The Morgan fingerprint density at radius 2 is 1.89 bits per heavy atom. The van der Waals surface area contributed by atoms with Gasteiger partial charge in [0, 0.05) is 5.56 Å². The summed E-state index contributed by atoms with van der Waals surface area (Å²) < 4.78 is 0. The van der Waals surface area contributed by atoms with Gasteiger partial charge in [-0.15, -0.1) is 0 Å². The van der Waals surface area contributed by atoms with Crippen molar-refractivity contribution in [2.45, 2.75) is 19.4 Å². The lowest BCUT2D eigenvalue weighted by Crippen LogP contribution is -2.24. The highest BCUT2D eigenvalue weighted by atomic mass is 16.1. The molecule has 3 rings (SSSR count). The van der Waals surface area contributed by atoms with Gasteiger partial charge in [-0.2, -0.15) is 15.3 Å². The van der Waals surface area contributed by atoms with Crippen LogP contribution in [-0.4, -0.2) is 10.2 Å². The first-order valence-corrected chi connectivity index (χ1v) is 5.71. The average molecular weight is 240 g/mol. The zero-order valence-corrected chi connectivity index (χ0v) is 10.1. The van der Waals surface area contributed by atoms with Crippen molar-refractivity contribution in [3.05, 3.63) is 46.2 Å². The number of azo groups is 1. The molecule has 1 N–H and O–H groups in total. The fraction of sp³-hybridized carbons (Fsp3) is 0.231. The van der Waals surface area contributed by atoms with Crippen molar-refractivity contribution in [3.8, 4) is 11.3 Å². The summed E-state index contributed by atoms with van der Waals surface area (Å²) in [5.74, 6) is 0. The van der Waals surface area contributed by atoms with E-state index >= 15 is 0 Å². The van der Waals surface area contributed by atoms with E-state index in [0.29, 0.717) is 16.9 Å². The van der Waals surface area contributed by atoms with Crippen LogP contribution in [0.4, 0.5) is 5.69 Å². The smallest absolute Gasteiger partial charge is 0.268 e. The minimum atomic E-state index is -0.588. The molecule has 0 saturated carbocycles. The first-order valence-electron chi connectivity index (χ1n) is 5.71. The van der Waals surface area contributed by atoms with Crippen LogP contribution in [0.3, 0.4) is 0 Å². The lowest BCUT2D eigenvalue weighted by molar-refractivity contribution is 0.548. The van der Waals surface area contributed by atoms with Crippen LogP contribution in [0, 0.1) is 0 Å². The minimum Gasteiger partial charge on any atom is -0.268 e. The average Bonchev–Trinajstić information content (AvgIpc) is 2.68. The lowest BCUT2D eigenvalue weighted by Gasteiger charge is -2.12. The standard InChI is InChI=1S/C13H12N4O/c1-13(2)9-11(15-17-13)10(14-16-12(9)18)8-6-4-3-5-7-8/h3-7H,1-2H3,(H,16,18). The Kier molecular flexibility index (Phi) is 2.16. The number of rotatable bonds is 1. The summed E-state index contributed by atoms with van der Waals surface area (Å²) in [6.45, 7) is 3.73. The number of nitrogens with one attached hydrogen (secondary N) is 1. The van der Waals surface area contributed by atoms with Gasteiger partial charge >= 0.3 is 0 Å². The van der Waals surface area contributed by atoms with Crippen molar-refractivity contribution in [2.75, 3.05) is 0 Å². The van der Waals surface area contributed by atoms with E-state index in [-0.39, 0.29) is 5.56 Å². The Hall–Kier alpha value is -2.30. The second kappa shape index (κ2) is 3.60. The van der Waals surface area contributed by atoms with Crippen molar-refractivity contribution in [1.29, 1.82) is 0 Å². The molecule has 0 spiro atoms. The maximum atomic E-state index is 11.9. The van der Waals surface area contributed by atoms with Gasteiger partial charge < -0.3 is 0 Å². The van der Waals surface area contributed by atoms with E-state index in [1.807, 2.05) is 44.2 Å². The van der Waals surface area contributed by atoms with Crippen LogP contribution in [-0.2, 0) is 5.54 Å². The molecular formula is C13H12N4O. The topological polar surface area (TPSA) is 70.5 Å². The van der Waals surface area contributed by atoms with Gasteiger partial charge in [-0.25, -0.2) is 5.10 Å². The highest BCUT2D eigenvalue weighted by Crippen LogP contribution is 2.41. The zero-order valence-electron chi connectivity index (χ0n) is 10.1. The molecule has 1 aromatic heterocycles. The third-order valence-electron chi connectivity index (χ3n) is 3.02. The fourth-order valence-corrected chi connectivity index (χ4v) is 2.13. The van der Waals surface area contributed by atoms with E-state index in [0.717, 1.165) is 5.56 Å². The van der Waals surface area contributed by atoms with E-state index in [1.165, 1.54) is 0 Å². The lowest BCUT2D eigenvalue weighted by atomic mass is 9.95. The molecule has 0 aliphatic carbocycles. The predicted octanol–water partition coefficient (Wildman–Crippen LogP) is 2.77. The first kappa shape index (κ1) is 10.8. The number of hydrogen-bond donors (Lipinski definition) is 1. The summed E-state index contributed by atoms with van der Waals surface area (Å²) >= 11 is 0. The summed E-state index contributed by atoms with van der Waals surface area (Å²) in [5.41, 5.74) is 1.93. The van der Waals surface area contributed by atoms with Crippen molar-refractivity contribution < 1.29 is 0 Å². The SMILES string of the molecule is CC1(C)N=Nc2c(-c3ccccc3)n[nH]c(=O)c21. The molecule has 0 unspecified atom stereocenters. The third-order valence-corrected chi connectivity index (χ3v) is 3.02. The summed E-state index contributed by atoms with van der Waals surface area (Å²) in [7, 11) is 0. The Morgan fingerprint density at radius 3 is 2.61 bits per heavy atom. The second-order valence-corrected chi connectivity index (χ2v) is 4.75. The molecule has 18 heavy (non-hydrogen) atoms. The number of benzene rings is 1. The van der Waals surface area contributed by atoms with E-state index in [1.54, 1.807) is 0 Å². The molecule has 5 heteroatoms. The van der Waals surface area contributed by atoms with Gasteiger partial charge in [-0.3, -0.25) is 4.79 Å². The van der Waals surface area contributed by atoms with Gasteiger partial charge in [0.2, 0.25) is 0 Å². The molecular weight excluding hydrogens is 228 g/mol. The van der Waals surface area contributed by atoms with Gasteiger partial charge in [-0.05, 0) is 13.8 Å². The number of hydrogen-bond acceptors (Lipinski definition) is 4. The maximum absolute atomic E-state index is 11.9. The predicted molar refractivity (Wildman–Crippen MR) is 67.8 cm³/mol. The summed E-state index contributed by atoms with van der Waals surface area (Å²) in [5, 5.41) is 14.9. The van der Waals surface area contributed by atoms with Crippen LogP contribution in [0.25, 0.3) is 11.3 Å². The summed E-state index contributed by atoms with van der Waals surface area (Å²) in [4.78, 5) is 11.9. The molecule has 5 nitrogen and oxygen atoms in total. The van der Waals surface area contributed by atoms with Crippen molar-refractivity contribution in [2.24, 2.45) is 10.2 Å². The quantitative estimate of drug-likeness (QED) is 0.832. The molecule has 0 radical (unpaired) electrons. The number of aromatic amines is 1. The van der Waals surface area contributed by atoms with Gasteiger partial charge in [0.1, 0.15) is 16.9 Å². The fourth-order valence-electron chi connectivity index (χ4n) is 2.13. The molecule has 0 fully saturated rings. The van der Waals surface area contributed by atoms with Crippen LogP contribution >= 0.6 is 0 Å². The first-order chi connectivity index (χ1) is 8.59. The number of nitrogens with zero attached hydrogens (tertiary/aromatic N) is 3. The maximum Gasteiger partial charge on any atom is 0.272 e. The van der Waals surface area contributed by atoms with E-state index < -0.39 is 5.54 Å². The Labute approximate surface area is 104 Å². The third kappa shape index (κ3) is 1.48. The molecule has 1 aromatic carbocycles. The van der Waals surface area contributed by atoms with Crippen molar-refractivity contribution >= 4 is 5.69 Å². The highest BCUT2D eigenvalue weighted by Gasteiger charge is 2.34. The molecule has 1 aliphatic heterocycles. The van der Waals surface area contributed by atoms with Crippen LogP contribution in [0.1, 0.15) is 19.4 Å². The van der Waals surface area contributed by atoms with Gasteiger partial charge in [-0.1, -0.05) is 30.3 Å². The van der Waals surface area contributed by atoms with E-state index in [9.17, 15) is 4.79 Å². The normalized spacial score (nSPS) is 15.7. The van der Waals surface area contributed by atoms with Crippen LogP contribution < -0.4 is 5.56 Å².